The number of hydrogen-bond acceptors (Lipinski definition) is 5. The molecule has 0 N–H and O–H groups in total. The molecule has 6 nitrogen and oxygen atoms in total. The zero-order valence-electron chi connectivity index (χ0n) is 16.1. The Balaban J connectivity index is 1.60. The second kappa shape index (κ2) is 9.85. The molecule has 3 aromatic rings. The van der Waals surface area contributed by atoms with Crippen molar-refractivity contribution in [1.82, 2.24) is 15.0 Å². The minimum absolute atomic E-state index is 0.0300. The van der Waals surface area contributed by atoms with Gasteiger partial charge in [0, 0.05) is 36.5 Å². The molecular formula is C22H21ClN4O2. The number of aromatic nitrogens is 2. The van der Waals surface area contributed by atoms with Crippen LogP contribution in [0.4, 0.5) is 0 Å². The molecule has 2 aromatic carbocycles. The Morgan fingerprint density at radius 2 is 1.90 bits per heavy atom. The lowest BCUT2D eigenvalue weighted by molar-refractivity contribution is -0.131. The number of aryl methyl sites for hydroxylation is 1. The van der Waals surface area contributed by atoms with Crippen molar-refractivity contribution in [2.24, 2.45) is 0 Å². The summed E-state index contributed by atoms with van der Waals surface area (Å²) in [5, 5.41) is 13.5. The van der Waals surface area contributed by atoms with Crippen molar-refractivity contribution in [3.63, 3.8) is 0 Å². The molecule has 0 aliphatic carbocycles. The fourth-order valence-electron chi connectivity index (χ4n) is 2.91. The van der Waals surface area contributed by atoms with Crippen LogP contribution in [0.1, 0.15) is 36.8 Å². The SMILES string of the molecule is CCCN(Cc1ccc(C#N)cc1)C(=O)CCc1nc(-c2ccc(Cl)cc2)no1. The zero-order valence-corrected chi connectivity index (χ0v) is 16.9. The molecule has 3 rings (SSSR count). The van der Waals surface area contributed by atoms with E-state index in [4.69, 9.17) is 21.4 Å². The number of halogens is 1. The monoisotopic (exact) mass is 408 g/mol. The first-order valence-electron chi connectivity index (χ1n) is 9.44. The molecule has 1 aromatic heterocycles. The van der Waals surface area contributed by atoms with Gasteiger partial charge in [-0.15, -0.1) is 0 Å². The molecule has 0 bridgehead atoms. The second-order valence-corrected chi connectivity index (χ2v) is 7.08. The van der Waals surface area contributed by atoms with Crippen LogP contribution in [-0.2, 0) is 17.8 Å². The normalized spacial score (nSPS) is 10.5. The lowest BCUT2D eigenvalue weighted by atomic mass is 10.1. The highest BCUT2D eigenvalue weighted by Crippen LogP contribution is 2.19. The van der Waals surface area contributed by atoms with Gasteiger partial charge in [-0.05, 0) is 48.4 Å². The van der Waals surface area contributed by atoms with Crippen molar-refractivity contribution in [1.29, 1.82) is 5.26 Å². The molecule has 0 saturated carbocycles. The van der Waals surface area contributed by atoms with Crippen molar-refractivity contribution < 1.29 is 9.32 Å². The Bertz CT molecular complexity index is 991. The zero-order chi connectivity index (χ0) is 20.6. The second-order valence-electron chi connectivity index (χ2n) is 6.64. The van der Waals surface area contributed by atoms with Gasteiger partial charge in [0.25, 0.3) is 0 Å². The third-order valence-electron chi connectivity index (χ3n) is 4.43. The average molecular weight is 409 g/mol. The summed E-state index contributed by atoms with van der Waals surface area (Å²) in [7, 11) is 0. The van der Waals surface area contributed by atoms with Crippen LogP contribution in [0.5, 0.6) is 0 Å². The van der Waals surface area contributed by atoms with Crippen LogP contribution in [0.3, 0.4) is 0 Å². The van der Waals surface area contributed by atoms with Gasteiger partial charge in [0.2, 0.25) is 17.6 Å². The van der Waals surface area contributed by atoms with Crippen molar-refractivity contribution in [3.8, 4) is 17.5 Å². The highest BCUT2D eigenvalue weighted by atomic mass is 35.5. The molecule has 0 unspecified atom stereocenters. The van der Waals surface area contributed by atoms with Crippen molar-refractivity contribution in [3.05, 3.63) is 70.6 Å². The summed E-state index contributed by atoms with van der Waals surface area (Å²) in [5.74, 6) is 0.938. The van der Waals surface area contributed by atoms with Gasteiger partial charge in [-0.3, -0.25) is 4.79 Å². The predicted octanol–water partition coefficient (Wildman–Crippen LogP) is 4.63. The van der Waals surface area contributed by atoms with Gasteiger partial charge in [-0.1, -0.05) is 35.8 Å². The van der Waals surface area contributed by atoms with E-state index in [-0.39, 0.29) is 5.91 Å². The van der Waals surface area contributed by atoms with Crippen molar-refractivity contribution in [2.75, 3.05) is 6.54 Å². The minimum Gasteiger partial charge on any atom is -0.339 e. The number of nitriles is 1. The number of amides is 1. The fourth-order valence-corrected chi connectivity index (χ4v) is 3.04. The molecule has 1 amide bonds. The van der Waals surface area contributed by atoms with Gasteiger partial charge >= 0.3 is 0 Å². The smallest absolute Gasteiger partial charge is 0.227 e. The standard InChI is InChI=1S/C22H21ClN4O2/c1-2-13-27(15-17-5-3-16(14-24)4-6-17)21(28)12-11-20-25-22(26-29-20)18-7-9-19(23)10-8-18/h3-10H,2,11-13,15H2,1H3. The Morgan fingerprint density at radius 3 is 2.55 bits per heavy atom. The third-order valence-corrected chi connectivity index (χ3v) is 4.68. The maximum atomic E-state index is 12.7. The van der Waals surface area contributed by atoms with Crippen LogP contribution >= 0.6 is 11.6 Å². The quantitative estimate of drug-likeness (QED) is 0.542. The van der Waals surface area contributed by atoms with Crippen molar-refractivity contribution in [2.45, 2.75) is 32.7 Å². The highest BCUT2D eigenvalue weighted by molar-refractivity contribution is 6.30. The van der Waals surface area contributed by atoms with Crippen LogP contribution in [0.15, 0.2) is 53.1 Å². The maximum absolute atomic E-state index is 12.7. The summed E-state index contributed by atoms with van der Waals surface area (Å²) in [4.78, 5) is 18.9. The molecule has 1 heterocycles. The Kier molecular flexibility index (Phi) is 6.99. The van der Waals surface area contributed by atoms with Gasteiger partial charge in [0.15, 0.2) is 0 Å². The van der Waals surface area contributed by atoms with Crippen LogP contribution in [0.25, 0.3) is 11.4 Å². The van der Waals surface area contributed by atoms with E-state index >= 15 is 0 Å². The largest absolute Gasteiger partial charge is 0.339 e. The minimum atomic E-state index is 0.0300. The van der Waals surface area contributed by atoms with E-state index in [9.17, 15) is 4.79 Å². The Hall–Kier alpha value is -3.17. The first-order valence-corrected chi connectivity index (χ1v) is 9.82. The van der Waals surface area contributed by atoms with Crippen LogP contribution < -0.4 is 0 Å². The average Bonchev–Trinajstić information content (AvgIpc) is 3.22. The van der Waals surface area contributed by atoms with Gasteiger partial charge < -0.3 is 9.42 Å². The number of carbonyl (C=O) groups is 1. The summed E-state index contributed by atoms with van der Waals surface area (Å²) in [5.41, 5.74) is 2.41. The molecule has 29 heavy (non-hydrogen) atoms. The lowest BCUT2D eigenvalue weighted by Crippen LogP contribution is -2.31. The maximum Gasteiger partial charge on any atom is 0.227 e. The number of rotatable bonds is 8. The molecule has 0 saturated heterocycles. The molecule has 148 valence electrons. The summed E-state index contributed by atoms with van der Waals surface area (Å²) >= 11 is 5.90. The van der Waals surface area contributed by atoms with Crippen LogP contribution in [-0.4, -0.2) is 27.5 Å². The molecule has 0 aliphatic rings. The molecule has 0 atom stereocenters. The number of nitrogens with zero attached hydrogens (tertiary/aromatic N) is 4. The fraction of sp³-hybridized carbons (Fsp3) is 0.273. The predicted molar refractivity (Wildman–Crippen MR) is 110 cm³/mol. The molecule has 0 spiro atoms. The van der Waals surface area contributed by atoms with Gasteiger partial charge in [0.05, 0.1) is 11.6 Å². The number of carbonyl (C=O) groups excluding carboxylic acids is 1. The van der Waals surface area contributed by atoms with E-state index in [0.29, 0.717) is 48.2 Å². The van der Waals surface area contributed by atoms with Crippen LogP contribution in [0, 0.1) is 11.3 Å². The van der Waals surface area contributed by atoms with Gasteiger partial charge in [-0.2, -0.15) is 10.2 Å². The van der Waals surface area contributed by atoms with E-state index in [1.165, 1.54) is 0 Å². The molecule has 0 aliphatic heterocycles. The molecule has 0 fully saturated rings. The Morgan fingerprint density at radius 1 is 1.17 bits per heavy atom. The summed E-state index contributed by atoms with van der Waals surface area (Å²) in [6.07, 6.45) is 1.54. The summed E-state index contributed by atoms with van der Waals surface area (Å²) in [6, 6.07) is 16.6. The van der Waals surface area contributed by atoms with Crippen molar-refractivity contribution >= 4 is 17.5 Å². The van der Waals surface area contributed by atoms with E-state index in [1.54, 1.807) is 24.3 Å². The third kappa shape index (κ3) is 5.66. The van der Waals surface area contributed by atoms with E-state index in [2.05, 4.69) is 16.2 Å². The van der Waals surface area contributed by atoms with Crippen LogP contribution in [0.2, 0.25) is 5.02 Å². The van der Waals surface area contributed by atoms with E-state index < -0.39 is 0 Å². The first kappa shape index (κ1) is 20.6. The molecule has 7 heteroatoms. The van der Waals surface area contributed by atoms with Gasteiger partial charge in [-0.25, -0.2) is 0 Å². The molecule has 0 radical (unpaired) electrons. The Labute approximate surface area is 174 Å². The number of hydrogen-bond donors (Lipinski definition) is 0. The lowest BCUT2D eigenvalue weighted by Gasteiger charge is -2.22. The summed E-state index contributed by atoms with van der Waals surface area (Å²) in [6.45, 7) is 3.21. The summed E-state index contributed by atoms with van der Waals surface area (Å²) < 4.78 is 5.29. The number of benzene rings is 2. The topological polar surface area (TPSA) is 83.0 Å². The first-order chi connectivity index (χ1) is 14.1. The highest BCUT2D eigenvalue weighted by Gasteiger charge is 2.16. The van der Waals surface area contributed by atoms with Gasteiger partial charge in [0.1, 0.15) is 0 Å². The van der Waals surface area contributed by atoms with E-state index in [1.807, 2.05) is 36.1 Å². The van der Waals surface area contributed by atoms with E-state index in [0.717, 1.165) is 17.5 Å². The molecular weight excluding hydrogens is 388 g/mol.